The summed E-state index contributed by atoms with van der Waals surface area (Å²) in [6.45, 7) is 2.26. The van der Waals surface area contributed by atoms with Crippen LogP contribution in [-0.4, -0.2) is 11.3 Å². The van der Waals surface area contributed by atoms with Crippen molar-refractivity contribution in [3.05, 3.63) is 0 Å². The van der Waals surface area contributed by atoms with Crippen molar-refractivity contribution in [2.24, 2.45) is 16.8 Å². The minimum Gasteiger partial charge on any atom is -0.328 e. The molecule has 3 unspecified atom stereocenters. The third-order valence-electron chi connectivity index (χ3n) is 2.34. The molecule has 0 heterocycles. The lowest BCUT2D eigenvalue weighted by molar-refractivity contribution is 0.359. The zero-order valence-electron chi connectivity index (χ0n) is 6.42. The molecule has 1 saturated carbocycles. The van der Waals surface area contributed by atoms with Crippen molar-refractivity contribution < 1.29 is 0 Å². The maximum Gasteiger partial charge on any atom is 0.0231 e. The van der Waals surface area contributed by atoms with Gasteiger partial charge in [0.1, 0.15) is 0 Å². The number of hydrogen-bond acceptors (Lipinski definition) is 3. The van der Waals surface area contributed by atoms with E-state index in [-0.39, 0.29) is 0 Å². The molecular weight excluding hydrogens is 144 g/mol. The van der Waals surface area contributed by atoms with Gasteiger partial charge < -0.3 is 5.73 Å². The molecule has 4 N–H and O–H groups in total. The predicted octanol–water partition coefficient (Wildman–Crippen LogP) is 1.11. The normalized spacial score (nSPS) is 41.7. The first-order valence-corrected chi connectivity index (χ1v) is 4.79. The molecule has 1 fully saturated rings. The highest BCUT2D eigenvalue weighted by atomic mass is 32.2. The summed E-state index contributed by atoms with van der Waals surface area (Å²) in [7, 11) is 0. The number of rotatable bonds is 1. The van der Waals surface area contributed by atoms with Gasteiger partial charge in [-0.1, -0.05) is 18.9 Å². The fourth-order valence-corrected chi connectivity index (χ4v) is 2.26. The van der Waals surface area contributed by atoms with Crippen molar-refractivity contribution in [2.45, 2.75) is 37.5 Å². The Kier molecular flexibility index (Phi) is 3.01. The van der Waals surface area contributed by atoms with Crippen LogP contribution in [0.15, 0.2) is 0 Å². The largest absolute Gasteiger partial charge is 0.328 e. The van der Waals surface area contributed by atoms with Gasteiger partial charge in [-0.05, 0) is 25.2 Å². The van der Waals surface area contributed by atoms with Gasteiger partial charge in [-0.15, -0.1) is 0 Å². The van der Waals surface area contributed by atoms with Crippen LogP contribution in [0.25, 0.3) is 0 Å². The fraction of sp³-hybridized carbons (Fsp3) is 1.00. The van der Waals surface area contributed by atoms with Crippen LogP contribution in [0.2, 0.25) is 0 Å². The first-order chi connectivity index (χ1) is 4.74. The Bertz CT molecular complexity index is 108. The van der Waals surface area contributed by atoms with E-state index in [1.807, 2.05) is 0 Å². The Labute approximate surface area is 66.9 Å². The summed E-state index contributed by atoms with van der Waals surface area (Å²) in [4.78, 5) is 0. The molecular formula is C7H16N2S. The third kappa shape index (κ3) is 1.87. The van der Waals surface area contributed by atoms with Crippen LogP contribution in [0, 0.1) is 5.92 Å². The summed E-state index contributed by atoms with van der Waals surface area (Å²) >= 11 is 1.48. The molecule has 1 rings (SSSR count). The lowest BCUT2D eigenvalue weighted by Crippen LogP contribution is -2.34. The highest BCUT2D eigenvalue weighted by molar-refractivity contribution is 7.97. The van der Waals surface area contributed by atoms with E-state index in [0.29, 0.717) is 11.3 Å². The van der Waals surface area contributed by atoms with E-state index in [1.165, 1.54) is 24.8 Å². The summed E-state index contributed by atoms with van der Waals surface area (Å²) < 4.78 is 0. The topological polar surface area (TPSA) is 52.0 Å². The summed E-state index contributed by atoms with van der Waals surface area (Å²) in [6, 6.07) is 0.400. The van der Waals surface area contributed by atoms with E-state index in [2.05, 4.69) is 6.92 Å². The summed E-state index contributed by atoms with van der Waals surface area (Å²) in [5.74, 6) is 0.759. The monoisotopic (exact) mass is 160 g/mol. The number of nitrogens with two attached hydrogens (primary N) is 2. The minimum absolute atomic E-state index is 0.400. The van der Waals surface area contributed by atoms with Gasteiger partial charge in [-0.3, -0.25) is 5.14 Å². The highest BCUT2D eigenvalue weighted by Gasteiger charge is 2.24. The molecule has 3 heteroatoms. The Balaban J connectivity index is 2.38. The zero-order valence-corrected chi connectivity index (χ0v) is 7.23. The molecule has 1 aliphatic carbocycles. The van der Waals surface area contributed by atoms with E-state index in [9.17, 15) is 0 Å². The highest BCUT2D eigenvalue weighted by Crippen LogP contribution is 2.29. The van der Waals surface area contributed by atoms with Gasteiger partial charge in [0.25, 0.3) is 0 Å². The van der Waals surface area contributed by atoms with Crippen molar-refractivity contribution in [2.75, 3.05) is 0 Å². The average Bonchev–Trinajstić information content (AvgIpc) is 1.94. The van der Waals surface area contributed by atoms with Crippen LogP contribution >= 0.6 is 11.9 Å². The van der Waals surface area contributed by atoms with Crippen molar-refractivity contribution in [3.63, 3.8) is 0 Å². The van der Waals surface area contributed by atoms with Crippen molar-refractivity contribution in [3.8, 4) is 0 Å². The summed E-state index contributed by atoms with van der Waals surface area (Å²) in [5.41, 5.74) is 5.79. The van der Waals surface area contributed by atoms with E-state index in [0.717, 1.165) is 12.3 Å². The molecule has 0 aromatic heterocycles. The molecule has 0 amide bonds. The van der Waals surface area contributed by atoms with Gasteiger partial charge in [0.05, 0.1) is 0 Å². The van der Waals surface area contributed by atoms with E-state index < -0.39 is 0 Å². The molecule has 0 aromatic rings. The average molecular weight is 160 g/mol. The van der Waals surface area contributed by atoms with Crippen LogP contribution in [-0.2, 0) is 0 Å². The van der Waals surface area contributed by atoms with Gasteiger partial charge in [-0.2, -0.15) is 0 Å². The van der Waals surface area contributed by atoms with Gasteiger partial charge in [0.2, 0.25) is 0 Å². The summed E-state index contributed by atoms with van der Waals surface area (Å²) in [6.07, 6.45) is 3.52. The Morgan fingerprint density at radius 2 is 2.10 bits per heavy atom. The molecule has 10 heavy (non-hydrogen) atoms. The van der Waals surface area contributed by atoms with Crippen LogP contribution in [0.4, 0.5) is 0 Å². The van der Waals surface area contributed by atoms with Crippen molar-refractivity contribution in [1.29, 1.82) is 0 Å². The smallest absolute Gasteiger partial charge is 0.0231 e. The minimum atomic E-state index is 0.400. The van der Waals surface area contributed by atoms with E-state index in [1.54, 1.807) is 0 Å². The SMILES string of the molecule is CC1CCC(N)CC1SN. The maximum atomic E-state index is 5.79. The molecule has 0 aliphatic heterocycles. The van der Waals surface area contributed by atoms with Gasteiger partial charge in [0, 0.05) is 11.3 Å². The first-order valence-electron chi connectivity index (χ1n) is 3.85. The molecule has 60 valence electrons. The fourth-order valence-electron chi connectivity index (χ4n) is 1.50. The van der Waals surface area contributed by atoms with E-state index in [4.69, 9.17) is 10.9 Å². The van der Waals surface area contributed by atoms with Gasteiger partial charge in [0.15, 0.2) is 0 Å². The second-order valence-corrected chi connectivity index (χ2v) is 4.10. The third-order valence-corrected chi connectivity index (χ3v) is 3.34. The molecule has 0 saturated heterocycles. The van der Waals surface area contributed by atoms with E-state index >= 15 is 0 Å². The molecule has 0 radical (unpaired) electrons. The quantitative estimate of drug-likeness (QED) is 0.565. The Morgan fingerprint density at radius 1 is 1.40 bits per heavy atom. The second-order valence-electron chi connectivity index (χ2n) is 3.22. The zero-order chi connectivity index (χ0) is 7.56. The predicted molar refractivity (Wildman–Crippen MR) is 46.6 cm³/mol. The first kappa shape index (κ1) is 8.37. The number of hydrogen-bond donors (Lipinski definition) is 2. The Morgan fingerprint density at radius 3 is 2.60 bits per heavy atom. The standard InChI is InChI=1S/C7H16N2S/c1-5-2-3-6(8)4-7(5)10-9/h5-7H,2-4,8-9H2,1H3. The van der Waals surface area contributed by atoms with Gasteiger partial charge >= 0.3 is 0 Å². The Hall–Kier alpha value is 0.270. The molecule has 1 aliphatic rings. The molecule has 0 aromatic carbocycles. The lowest BCUT2D eigenvalue weighted by Gasteiger charge is -2.30. The van der Waals surface area contributed by atoms with Crippen LogP contribution in [0.1, 0.15) is 26.2 Å². The summed E-state index contributed by atoms with van der Waals surface area (Å²) in [5, 5.41) is 6.12. The molecule has 0 bridgehead atoms. The lowest BCUT2D eigenvalue weighted by atomic mass is 9.87. The molecule has 2 nitrogen and oxygen atoms in total. The van der Waals surface area contributed by atoms with Crippen LogP contribution < -0.4 is 10.9 Å². The van der Waals surface area contributed by atoms with Crippen molar-refractivity contribution in [1.82, 2.24) is 0 Å². The molecule has 3 atom stereocenters. The maximum absolute atomic E-state index is 5.79. The second kappa shape index (κ2) is 3.60. The van der Waals surface area contributed by atoms with Crippen LogP contribution in [0.3, 0.4) is 0 Å². The van der Waals surface area contributed by atoms with Gasteiger partial charge in [-0.25, -0.2) is 0 Å². The molecule has 0 spiro atoms. The van der Waals surface area contributed by atoms with Crippen molar-refractivity contribution >= 4 is 11.9 Å². The van der Waals surface area contributed by atoms with Crippen LogP contribution in [0.5, 0.6) is 0 Å².